The fourth-order valence-corrected chi connectivity index (χ4v) is 8.15. The van der Waals surface area contributed by atoms with E-state index in [9.17, 15) is 4.79 Å². The topological polar surface area (TPSA) is 87.9 Å². The first-order chi connectivity index (χ1) is 22.3. The molecule has 3 aromatic heterocycles. The molecule has 1 spiro atoms. The highest BCUT2D eigenvalue weighted by Gasteiger charge is 2.54. The van der Waals surface area contributed by atoms with Gasteiger partial charge >= 0.3 is 0 Å². The summed E-state index contributed by atoms with van der Waals surface area (Å²) in [4.78, 5) is 16.5. The Morgan fingerprint density at radius 2 is 1.85 bits per heavy atom. The van der Waals surface area contributed by atoms with Gasteiger partial charge in [-0.05, 0) is 82.5 Å². The predicted octanol–water partition coefficient (Wildman–Crippen LogP) is 7.18. The maximum atomic E-state index is 12.1. The van der Waals surface area contributed by atoms with Gasteiger partial charge in [-0.15, -0.1) is 0 Å². The smallest absolute Gasteiger partial charge is 0.245 e. The maximum absolute atomic E-state index is 12.1. The number of carbonyl (C=O) groups excluding carboxylic acids is 1. The highest BCUT2D eigenvalue weighted by Crippen LogP contribution is 2.55. The predicted molar refractivity (Wildman–Crippen MR) is 185 cm³/mol. The minimum atomic E-state index is 0.0203. The number of aromatic amines is 1. The average Bonchev–Trinajstić information content (AvgIpc) is 3.84. The van der Waals surface area contributed by atoms with Crippen molar-refractivity contribution < 1.29 is 4.79 Å². The van der Waals surface area contributed by atoms with Crippen LogP contribution >= 0.6 is 11.6 Å². The molecule has 1 aliphatic carbocycles. The zero-order valence-corrected chi connectivity index (χ0v) is 28.1. The maximum Gasteiger partial charge on any atom is 0.245 e. The van der Waals surface area contributed by atoms with Crippen molar-refractivity contribution in [2.75, 3.05) is 32.7 Å². The summed E-state index contributed by atoms with van der Waals surface area (Å²) in [6.07, 6.45) is 9.84. The number of nitrogens with zero attached hydrogens (tertiary/aromatic N) is 7. The third-order valence-corrected chi connectivity index (χ3v) is 10.7. The van der Waals surface area contributed by atoms with Gasteiger partial charge < -0.3 is 9.80 Å². The molecule has 46 heavy (non-hydrogen) atoms. The monoisotopic (exact) mass is 638 g/mol. The molecule has 5 heterocycles. The molecule has 9 nitrogen and oxygen atoms in total. The number of benzene rings is 2. The van der Waals surface area contributed by atoms with Gasteiger partial charge in [-0.3, -0.25) is 19.3 Å². The zero-order chi connectivity index (χ0) is 32.2. The molecule has 2 saturated heterocycles. The zero-order valence-electron chi connectivity index (χ0n) is 27.3. The number of fused-ring (bicyclic) bond motifs is 2. The van der Waals surface area contributed by atoms with E-state index in [-0.39, 0.29) is 17.4 Å². The summed E-state index contributed by atoms with van der Waals surface area (Å²) in [5.74, 6) is 0.0203. The minimum absolute atomic E-state index is 0.0203. The Labute approximate surface area is 275 Å². The number of hydrogen-bond acceptors (Lipinski definition) is 5. The largest absolute Gasteiger partial charge is 0.338 e. The van der Waals surface area contributed by atoms with Gasteiger partial charge in [0.05, 0.1) is 41.0 Å². The molecular formula is C36H43ClN8O. The lowest BCUT2D eigenvalue weighted by Gasteiger charge is -2.58. The molecule has 3 aliphatic rings. The van der Waals surface area contributed by atoms with Gasteiger partial charge in [-0.25, -0.2) is 0 Å². The second-order valence-corrected chi connectivity index (χ2v) is 13.5. The summed E-state index contributed by atoms with van der Waals surface area (Å²) in [6.45, 7) is 17.7. The van der Waals surface area contributed by atoms with Crippen molar-refractivity contribution in [1.82, 2.24) is 39.6 Å². The van der Waals surface area contributed by atoms with Crippen LogP contribution in [0.25, 0.3) is 44.2 Å². The van der Waals surface area contributed by atoms with E-state index >= 15 is 0 Å². The van der Waals surface area contributed by atoms with E-state index in [4.69, 9.17) is 21.8 Å². The number of halogens is 1. The number of amides is 1. The highest BCUT2D eigenvalue weighted by molar-refractivity contribution is 6.36. The van der Waals surface area contributed by atoms with Crippen molar-refractivity contribution in [2.24, 2.45) is 5.41 Å². The Kier molecular flexibility index (Phi) is 8.01. The molecule has 2 aromatic carbocycles. The third-order valence-electron chi connectivity index (χ3n) is 10.2. The molecule has 0 unspecified atom stereocenters. The SMILES string of the molecule is C=CC(=O)N1CC2(CC(n3nc(-c4ccc5c(cnn5CCN5CCCC5)c4)c(-c4c(Cl)c(C)cc5[nH]ncc45)c3C)C2)C1.CC. The van der Waals surface area contributed by atoms with Crippen LogP contribution in [0.3, 0.4) is 0 Å². The van der Waals surface area contributed by atoms with E-state index in [1.807, 2.05) is 38.1 Å². The summed E-state index contributed by atoms with van der Waals surface area (Å²) in [5, 5.41) is 20.4. The standard InChI is InChI=1S/C34H37ClN8O.C2H6/c1-4-29(44)41-19-34(20-41)15-25(16-34)43-22(3)30(31-26-18-36-38-27(26)13-21(2)32(31)35)33(39-43)23-7-8-28-24(14-23)17-37-42(28)12-11-40-9-5-6-10-40;1-2/h4,7-8,13-14,17-18,25H,1,5-6,9-12,15-16,19-20H2,2-3H3,(H,36,38);1-2H3. The quantitative estimate of drug-likeness (QED) is 0.191. The Hall–Kier alpha value is -3.95. The first-order valence-electron chi connectivity index (χ1n) is 16.7. The van der Waals surface area contributed by atoms with E-state index in [1.54, 1.807) is 0 Å². The van der Waals surface area contributed by atoms with Crippen molar-refractivity contribution in [3.05, 3.63) is 65.6 Å². The average molecular weight is 639 g/mol. The van der Waals surface area contributed by atoms with Crippen LogP contribution in [-0.4, -0.2) is 78.2 Å². The van der Waals surface area contributed by atoms with Crippen molar-refractivity contribution >= 4 is 39.3 Å². The molecule has 8 rings (SSSR count). The van der Waals surface area contributed by atoms with Gasteiger partial charge in [-0.2, -0.15) is 15.3 Å². The summed E-state index contributed by atoms with van der Waals surface area (Å²) in [6, 6.07) is 8.90. The normalized spacial score (nSPS) is 17.7. The van der Waals surface area contributed by atoms with Crippen LogP contribution in [-0.2, 0) is 11.3 Å². The molecule has 5 aromatic rings. The summed E-state index contributed by atoms with van der Waals surface area (Å²) < 4.78 is 4.34. The molecular weight excluding hydrogens is 596 g/mol. The summed E-state index contributed by atoms with van der Waals surface area (Å²) >= 11 is 7.11. The van der Waals surface area contributed by atoms with Crippen molar-refractivity contribution in [3.63, 3.8) is 0 Å². The lowest BCUT2D eigenvalue weighted by molar-refractivity contribution is -0.149. The van der Waals surface area contributed by atoms with Crippen LogP contribution in [0.1, 0.15) is 56.8 Å². The Morgan fingerprint density at radius 1 is 1.09 bits per heavy atom. The van der Waals surface area contributed by atoms with E-state index in [1.165, 1.54) is 32.0 Å². The van der Waals surface area contributed by atoms with Crippen LogP contribution in [0.15, 0.2) is 49.3 Å². The third kappa shape index (κ3) is 5.04. The lowest BCUT2D eigenvalue weighted by atomic mass is 9.60. The number of carbonyl (C=O) groups is 1. The first kappa shape index (κ1) is 30.7. The van der Waals surface area contributed by atoms with Gasteiger partial charge in [-0.1, -0.05) is 38.1 Å². The Morgan fingerprint density at radius 3 is 2.59 bits per heavy atom. The molecule has 10 heteroatoms. The number of H-pyrrole nitrogens is 1. The van der Waals surface area contributed by atoms with Crippen molar-refractivity contribution in [2.45, 2.75) is 66.0 Å². The van der Waals surface area contributed by atoms with E-state index in [2.05, 4.69) is 62.2 Å². The van der Waals surface area contributed by atoms with E-state index < -0.39 is 0 Å². The number of likely N-dealkylation sites (tertiary alicyclic amines) is 2. The lowest BCUT2D eigenvalue weighted by Crippen LogP contribution is -2.63. The van der Waals surface area contributed by atoms with Crippen LogP contribution in [0.4, 0.5) is 0 Å². The minimum Gasteiger partial charge on any atom is -0.338 e. The number of hydrogen-bond donors (Lipinski definition) is 1. The van der Waals surface area contributed by atoms with Gasteiger partial charge in [0.2, 0.25) is 5.91 Å². The van der Waals surface area contributed by atoms with Crippen molar-refractivity contribution in [3.8, 4) is 22.4 Å². The van der Waals surface area contributed by atoms with Gasteiger partial charge in [0.15, 0.2) is 0 Å². The van der Waals surface area contributed by atoms with Crippen LogP contribution in [0.2, 0.25) is 5.02 Å². The molecule has 0 atom stereocenters. The number of nitrogens with one attached hydrogen (secondary N) is 1. The molecule has 3 fully saturated rings. The first-order valence-corrected chi connectivity index (χ1v) is 17.0. The van der Waals surface area contributed by atoms with E-state index in [0.717, 1.165) is 99.5 Å². The van der Waals surface area contributed by atoms with E-state index in [0.29, 0.717) is 0 Å². The van der Waals surface area contributed by atoms with Gasteiger partial charge in [0.25, 0.3) is 0 Å². The number of rotatable bonds is 7. The van der Waals surface area contributed by atoms with Gasteiger partial charge in [0, 0.05) is 58.2 Å². The second-order valence-electron chi connectivity index (χ2n) is 13.1. The molecule has 2 aliphatic heterocycles. The molecule has 0 bridgehead atoms. The molecule has 0 radical (unpaired) electrons. The molecule has 1 saturated carbocycles. The molecule has 1 amide bonds. The number of aryl methyl sites for hydroxylation is 1. The summed E-state index contributed by atoms with van der Waals surface area (Å²) in [7, 11) is 0. The second kappa shape index (κ2) is 12.0. The van der Waals surface area contributed by atoms with Crippen LogP contribution in [0.5, 0.6) is 0 Å². The van der Waals surface area contributed by atoms with Crippen molar-refractivity contribution in [1.29, 1.82) is 0 Å². The van der Waals surface area contributed by atoms with Crippen LogP contribution < -0.4 is 0 Å². The fourth-order valence-electron chi connectivity index (χ4n) is 7.89. The fraction of sp³-hybridized carbons (Fsp3) is 0.444. The summed E-state index contributed by atoms with van der Waals surface area (Å²) in [5.41, 5.74) is 8.35. The molecule has 1 N–H and O–H groups in total. The Balaban J connectivity index is 0.00000166. The molecule has 240 valence electrons. The highest BCUT2D eigenvalue weighted by atomic mass is 35.5. The van der Waals surface area contributed by atoms with Gasteiger partial charge in [0.1, 0.15) is 5.69 Å². The number of aromatic nitrogens is 6. The van der Waals surface area contributed by atoms with Crippen LogP contribution in [0, 0.1) is 19.3 Å². The Bertz CT molecular complexity index is 1930.